The average Bonchev–Trinajstić information content (AvgIpc) is 2.68. The minimum Gasteiger partial charge on any atom is -0.338 e. The van der Waals surface area contributed by atoms with Crippen LogP contribution >= 0.6 is 12.4 Å². The molecule has 5 nitrogen and oxygen atoms in total. The van der Waals surface area contributed by atoms with E-state index in [2.05, 4.69) is 5.10 Å². The lowest BCUT2D eigenvalue weighted by Gasteiger charge is -2.32. The van der Waals surface area contributed by atoms with Crippen molar-refractivity contribution in [2.45, 2.75) is 26.2 Å². The van der Waals surface area contributed by atoms with E-state index < -0.39 is 0 Å². The van der Waals surface area contributed by atoms with Gasteiger partial charge in [-0.3, -0.25) is 9.48 Å². The Morgan fingerprint density at radius 1 is 1.58 bits per heavy atom. The van der Waals surface area contributed by atoms with Gasteiger partial charge in [0.15, 0.2) is 0 Å². The maximum Gasteiger partial charge on any atom is 0.257 e. The molecule has 6 heteroatoms. The number of aromatic nitrogens is 2. The molecule has 0 aliphatic carbocycles. The predicted molar refractivity (Wildman–Crippen MR) is 77.5 cm³/mol. The molecule has 0 saturated carbocycles. The van der Waals surface area contributed by atoms with Crippen LogP contribution < -0.4 is 5.73 Å². The molecule has 19 heavy (non-hydrogen) atoms. The second kappa shape index (κ2) is 6.91. The van der Waals surface area contributed by atoms with Gasteiger partial charge in [0.2, 0.25) is 0 Å². The molecule has 1 aliphatic rings. The van der Waals surface area contributed by atoms with Gasteiger partial charge >= 0.3 is 0 Å². The summed E-state index contributed by atoms with van der Waals surface area (Å²) in [6.45, 7) is 4.28. The summed E-state index contributed by atoms with van der Waals surface area (Å²) in [5.41, 5.74) is 7.14. The van der Waals surface area contributed by atoms with Gasteiger partial charge < -0.3 is 10.6 Å². The summed E-state index contributed by atoms with van der Waals surface area (Å²) in [5.74, 6) is 0.673. The zero-order valence-electron chi connectivity index (χ0n) is 11.6. The van der Waals surface area contributed by atoms with Gasteiger partial charge in [0.1, 0.15) is 0 Å². The Balaban J connectivity index is 0.00000180. The molecule has 1 aromatic rings. The highest BCUT2D eigenvalue weighted by molar-refractivity contribution is 5.95. The molecular weight excluding hydrogens is 264 g/mol. The van der Waals surface area contributed by atoms with Gasteiger partial charge in [-0.15, -0.1) is 12.4 Å². The van der Waals surface area contributed by atoms with Crippen LogP contribution in [0.5, 0.6) is 0 Å². The van der Waals surface area contributed by atoms with Crippen molar-refractivity contribution in [1.82, 2.24) is 14.7 Å². The summed E-state index contributed by atoms with van der Waals surface area (Å²) in [5, 5.41) is 4.23. The Kier molecular flexibility index (Phi) is 5.82. The molecule has 0 aromatic carbocycles. The summed E-state index contributed by atoms with van der Waals surface area (Å²) in [4.78, 5) is 14.4. The Bertz CT molecular complexity index is 430. The average molecular weight is 287 g/mol. The molecule has 1 unspecified atom stereocenters. The number of nitrogens with zero attached hydrogens (tertiary/aromatic N) is 3. The van der Waals surface area contributed by atoms with Gasteiger partial charge in [-0.1, -0.05) is 0 Å². The van der Waals surface area contributed by atoms with Crippen molar-refractivity contribution in [2.24, 2.45) is 18.7 Å². The maximum absolute atomic E-state index is 12.4. The lowest BCUT2D eigenvalue weighted by atomic mass is 9.94. The number of carbonyl (C=O) groups is 1. The second-order valence-corrected chi connectivity index (χ2v) is 5.14. The first-order valence-corrected chi connectivity index (χ1v) is 6.61. The van der Waals surface area contributed by atoms with Crippen LogP contribution in [0.25, 0.3) is 0 Å². The third-order valence-corrected chi connectivity index (χ3v) is 3.62. The normalized spacial score (nSPS) is 19.1. The van der Waals surface area contributed by atoms with E-state index in [0.717, 1.165) is 37.2 Å². The van der Waals surface area contributed by atoms with E-state index in [9.17, 15) is 4.79 Å². The van der Waals surface area contributed by atoms with E-state index in [1.54, 1.807) is 4.68 Å². The van der Waals surface area contributed by atoms with E-state index >= 15 is 0 Å². The highest BCUT2D eigenvalue weighted by Gasteiger charge is 2.25. The van der Waals surface area contributed by atoms with E-state index in [-0.39, 0.29) is 18.3 Å². The van der Waals surface area contributed by atoms with Crippen LogP contribution in [0.1, 0.15) is 35.3 Å². The van der Waals surface area contributed by atoms with E-state index in [4.69, 9.17) is 5.73 Å². The fraction of sp³-hybridized carbons (Fsp3) is 0.692. The number of halogens is 1. The molecule has 2 rings (SSSR count). The smallest absolute Gasteiger partial charge is 0.257 e. The Hall–Kier alpha value is -1.07. The molecule has 1 atom stereocenters. The summed E-state index contributed by atoms with van der Waals surface area (Å²) < 4.78 is 1.70. The molecule has 0 radical (unpaired) electrons. The second-order valence-electron chi connectivity index (χ2n) is 5.14. The van der Waals surface area contributed by atoms with Crippen molar-refractivity contribution in [3.8, 4) is 0 Å². The molecular formula is C13H23ClN4O. The first-order valence-electron chi connectivity index (χ1n) is 6.61. The van der Waals surface area contributed by atoms with Crippen LogP contribution in [-0.4, -0.2) is 40.2 Å². The molecule has 2 N–H and O–H groups in total. The number of rotatable bonds is 3. The van der Waals surface area contributed by atoms with Gasteiger partial charge in [0.05, 0.1) is 11.3 Å². The molecule has 1 aliphatic heterocycles. The SMILES string of the molecule is Cc1nn(C)cc1C(=O)N1CCCC(CCN)C1.Cl. The summed E-state index contributed by atoms with van der Waals surface area (Å²) in [6.07, 6.45) is 5.09. The number of piperidine rings is 1. The van der Waals surface area contributed by atoms with Crippen LogP contribution in [0.2, 0.25) is 0 Å². The zero-order chi connectivity index (χ0) is 13.1. The number of likely N-dealkylation sites (tertiary alicyclic amines) is 1. The van der Waals surface area contributed by atoms with Gasteiger partial charge in [-0.05, 0) is 38.6 Å². The molecule has 0 bridgehead atoms. The van der Waals surface area contributed by atoms with Crippen molar-refractivity contribution in [2.75, 3.05) is 19.6 Å². The number of hydrogen-bond donors (Lipinski definition) is 1. The van der Waals surface area contributed by atoms with Crippen molar-refractivity contribution in [1.29, 1.82) is 0 Å². The van der Waals surface area contributed by atoms with E-state index in [1.165, 1.54) is 6.42 Å². The van der Waals surface area contributed by atoms with Crippen LogP contribution in [0.4, 0.5) is 0 Å². The molecule has 1 amide bonds. The van der Waals surface area contributed by atoms with Crippen molar-refractivity contribution >= 4 is 18.3 Å². The highest BCUT2D eigenvalue weighted by atomic mass is 35.5. The van der Waals surface area contributed by atoms with E-state index in [1.807, 2.05) is 25.1 Å². The van der Waals surface area contributed by atoms with Crippen LogP contribution in [0, 0.1) is 12.8 Å². The summed E-state index contributed by atoms with van der Waals surface area (Å²) in [6, 6.07) is 0. The summed E-state index contributed by atoms with van der Waals surface area (Å²) >= 11 is 0. The largest absolute Gasteiger partial charge is 0.338 e. The predicted octanol–water partition coefficient (Wildman–Crippen LogP) is 1.35. The minimum absolute atomic E-state index is 0. The summed E-state index contributed by atoms with van der Waals surface area (Å²) in [7, 11) is 1.84. The topological polar surface area (TPSA) is 64.2 Å². The monoisotopic (exact) mass is 286 g/mol. The first-order chi connectivity index (χ1) is 8.61. The molecule has 1 aromatic heterocycles. The maximum atomic E-state index is 12.4. The Morgan fingerprint density at radius 3 is 2.89 bits per heavy atom. The third-order valence-electron chi connectivity index (χ3n) is 3.62. The number of hydrogen-bond acceptors (Lipinski definition) is 3. The standard InChI is InChI=1S/C13H22N4O.ClH/c1-10-12(9-16(2)15-10)13(18)17-7-3-4-11(8-17)5-6-14;/h9,11H,3-8,14H2,1-2H3;1H. The van der Waals surface area contributed by atoms with Crippen molar-refractivity contribution in [3.63, 3.8) is 0 Å². The number of aryl methyl sites for hydroxylation is 2. The van der Waals surface area contributed by atoms with Gasteiger partial charge in [-0.2, -0.15) is 5.10 Å². The lowest BCUT2D eigenvalue weighted by Crippen LogP contribution is -2.40. The van der Waals surface area contributed by atoms with Gasteiger partial charge in [-0.25, -0.2) is 0 Å². The fourth-order valence-electron chi connectivity index (χ4n) is 2.70. The molecule has 1 fully saturated rings. The van der Waals surface area contributed by atoms with Crippen molar-refractivity contribution in [3.05, 3.63) is 17.5 Å². The van der Waals surface area contributed by atoms with Crippen molar-refractivity contribution < 1.29 is 4.79 Å². The zero-order valence-corrected chi connectivity index (χ0v) is 12.4. The van der Waals surface area contributed by atoms with Gasteiger partial charge in [0, 0.05) is 26.3 Å². The third kappa shape index (κ3) is 3.70. The first kappa shape index (κ1) is 16.0. The van der Waals surface area contributed by atoms with Crippen LogP contribution in [0.15, 0.2) is 6.20 Å². The van der Waals surface area contributed by atoms with E-state index in [0.29, 0.717) is 12.5 Å². The van der Waals surface area contributed by atoms with Crippen LogP contribution in [0.3, 0.4) is 0 Å². The fourth-order valence-corrected chi connectivity index (χ4v) is 2.70. The highest BCUT2D eigenvalue weighted by Crippen LogP contribution is 2.21. The number of amides is 1. The molecule has 0 spiro atoms. The Labute approximate surface area is 120 Å². The van der Waals surface area contributed by atoms with Gasteiger partial charge in [0.25, 0.3) is 5.91 Å². The number of nitrogens with two attached hydrogens (primary N) is 1. The molecule has 2 heterocycles. The molecule has 108 valence electrons. The number of carbonyl (C=O) groups excluding carboxylic acids is 1. The molecule has 1 saturated heterocycles. The quantitative estimate of drug-likeness (QED) is 0.912. The Morgan fingerprint density at radius 2 is 2.32 bits per heavy atom. The minimum atomic E-state index is 0. The van der Waals surface area contributed by atoms with Crippen LogP contribution in [-0.2, 0) is 7.05 Å². The lowest BCUT2D eigenvalue weighted by molar-refractivity contribution is 0.0668.